The highest BCUT2D eigenvalue weighted by molar-refractivity contribution is 7.10. The van der Waals surface area contributed by atoms with Crippen molar-refractivity contribution >= 4 is 34.5 Å². The van der Waals surface area contributed by atoms with Crippen molar-refractivity contribution < 1.29 is 9.59 Å². The van der Waals surface area contributed by atoms with Crippen LogP contribution in [0.15, 0.2) is 23.6 Å². The molecule has 1 aromatic carbocycles. The van der Waals surface area contributed by atoms with Gasteiger partial charge in [0.1, 0.15) is 0 Å². The van der Waals surface area contributed by atoms with E-state index < -0.39 is 0 Å². The number of hydrogen-bond donors (Lipinski definition) is 1. The van der Waals surface area contributed by atoms with E-state index in [-0.39, 0.29) is 11.8 Å². The summed E-state index contributed by atoms with van der Waals surface area (Å²) in [6.45, 7) is 2.77. The molecule has 5 heteroatoms. The van der Waals surface area contributed by atoms with Crippen LogP contribution in [0.5, 0.6) is 0 Å². The largest absolute Gasteiger partial charge is 0.322 e. The Morgan fingerprint density at radius 1 is 1.16 bits per heavy atom. The van der Waals surface area contributed by atoms with Crippen LogP contribution in [0.25, 0.3) is 0 Å². The Kier molecular flexibility index (Phi) is 4.34. The van der Waals surface area contributed by atoms with Crippen LogP contribution in [0.3, 0.4) is 0 Å². The molecule has 1 aromatic heterocycles. The average molecular weight is 354 g/mol. The van der Waals surface area contributed by atoms with Gasteiger partial charge in [-0.25, -0.2) is 0 Å². The lowest BCUT2D eigenvalue weighted by Gasteiger charge is -2.19. The molecule has 0 spiro atoms. The zero-order chi connectivity index (χ0) is 17.4. The van der Waals surface area contributed by atoms with Crippen LogP contribution in [-0.2, 0) is 17.6 Å². The SMILES string of the molecule is Cc1cc(NC(=O)c2csc3c2CCCC3)ccc1N1CCCC1=O. The van der Waals surface area contributed by atoms with Crippen molar-refractivity contribution in [3.8, 4) is 0 Å². The second-order valence-corrected chi connectivity index (χ2v) is 7.83. The number of thiophene rings is 1. The van der Waals surface area contributed by atoms with E-state index >= 15 is 0 Å². The number of anilines is 2. The minimum Gasteiger partial charge on any atom is -0.322 e. The summed E-state index contributed by atoms with van der Waals surface area (Å²) in [5.41, 5.74) is 4.82. The van der Waals surface area contributed by atoms with Crippen LogP contribution < -0.4 is 10.2 Å². The van der Waals surface area contributed by atoms with E-state index in [4.69, 9.17) is 0 Å². The summed E-state index contributed by atoms with van der Waals surface area (Å²) >= 11 is 1.71. The molecule has 1 aliphatic carbocycles. The van der Waals surface area contributed by atoms with Gasteiger partial charge >= 0.3 is 0 Å². The molecule has 2 aliphatic rings. The first-order valence-corrected chi connectivity index (χ1v) is 9.83. The molecule has 0 saturated carbocycles. The van der Waals surface area contributed by atoms with Crippen LogP contribution >= 0.6 is 11.3 Å². The fourth-order valence-electron chi connectivity index (χ4n) is 3.82. The summed E-state index contributed by atoms with van der Waals surface area (Å²) in [5.74, 6) is 0.161. The first kappa shape index (κ1) is 16.3. The number of amides is 2. The van der Waals surface area contributed by atoms with E-state index in [1.54, 1.807) is 11.3 Å². The van der Waals surface area contributed by atoms with Crippen molar-refractivity contribution in [2.24, 2.45) is 0 Å². The number of benzene rings is 1. The Morgan fingerprint density at radius 3 is 2.76 bits per heavy atom. The fraction of sp³-hybridized carbons (Fsp3) is 0.400. The molecule has 2 heterocycles. The third-order valence-corrected chi connectivity index (χ3v) is 6.21. The lowest BCUT2D eigenvalue weighted by atomic mass is 9.95. The molecule has 4 nitrogen and oxygen atoms in total. The summed E-state index contributed by atoms with van der Waals surface area (Å²) in [6.07, 6.45) is 6.05. The number of nitrogens with one attached hydrogen (secondary N) is 1. The van der Waals surface area contributed by atoms with Gasteiger partial charge in [-0.1, -0.05) is 0 Å². The molecule has 2 amide bonds. The number of nitrogens with zero attached hydrogens (tertiary/aromatic N) is 1. The summed E-state index contributed by atoms with van der Waals surface area (Å²) in [6, 6.07) is 5.79. The molecular formula is C20H22N2O2S. The maximum atomic E-state index is 12.7. The normalized spacial score (nSPS) is 16.8. The minimum absolute atomic E-state index is 0.0243. The van der Waals surface area contributed by atoms with Gasteiger partial charge in [-0.2, -0.15) is 0 Å². The molecule has 1 N–H and O–H groups in total. The first-order chi connectivity index (χ1) is 12.1. The number of hydrogen-bond acceptors (Lipinski definition) is 3. The Hall–Kier alpha value is -2.14. The molecule has 1 fully saturated rings. The highest BCUT2D eigenvalue weighted by Crippen LogP contribution is 2.31. The van der Waals surface area contributed by atoms with Gasteiger partial charge in [0.25, 0.3) is 5.91 Å². The summed E-state index contributed by atoms with van der Waals surface area (Å²) in [4.78, 5) is 27.8. The number of carbonyl (C=O) groups excluding carboxylic acids is 2. The van der Waals surface area contributed by atoms with Gasteiger partial charge in [0.2, 0.25) is 5.91 Å². The lowest BCUT2D eigenvalue weighted by molar-refractivity contribution is -0.117. The monoisotopic (exact) mass is 354 g/mol. The maximum Gasteiger partial charge on any atom is 0.256 e. The van der Waals surface area contributed by atoms with Gasteiger partial charge < -0.3 is 10.2 Å². The second kappa shape index (κ2) is 6.64. The third-order valence-electron chi connectivity index (χ3n) is 5.12. The smallest absolute Gasteiger partial charge is 0.256 e. The topological polar surface area (TPSA) is 49.4 Å². The first-order valence-electron chi connectivity index (χ1n) is 8.95. The zero-order valence-corrected chi connectivity index (χ0v) is 15.2. The zero-order valence-electron chi connectivity index (χ0n) is 14.4. The van der Waals surface area contributed by atoms with Crippen molar-refractivity contribution in [1.29, 1.82) is 0 Å². The number of rotatable bonds is 3. The number of fused-ring (bicyclic) bond motifs is 1. The molecule has 25 heavy (non-hydrogen) atoms. The van der Waals surface area contributed by atoms with Gasteiger partial charge in [0.05, 0.1) is 5.56 Å². The summed E-state index contributed by atoms with van der Waals surface area (Å²) in [7, 11) is 0. The highest BCUT2D eigenvalue weighted by Gasteiger charge is 2.23. The number of carbonyl (C=O) groups is 2. The molecule has 0 unspecified atom stereocenters. The molecule has 2 aromatic rings. The second-order valence-electron chi connectivity index (χ2n) is 6.86. The van der Waals surface area contributed by atoms with Crippen LogP contribution in [0.2, 0.25) is 0 Å². The molecule has 0 radical (unpaired) electrons. The van der Waals surface area contributed by atoms with Crippen molar-refractivity contribution in [2.75, 3.05) is 16.8 Å². The van der Waals surface area contributed by atoms with Crippen LogP contribution in [0.1, 0.15) is 52.0 Å². The lowest BCUT2D eigenvalue weighted by Crippen LogP contribution is -2.24. The molecule has 1 saturated heterocycles. The van der Waals surface area contributed by atoms with Gasteiger partial charge in [-0.3, -0.25) is 9.59 Å². The summed E-state index contributed by atoms with van der Waals surface area (Å²) < 4.78 is 0. The van der Waals surface area contributed by atoms with Gasteiger partial charge in [-0.15, -0.1) is 11.3 Å². The molecule has 1 aliphatic heterocycles. The quantitative estimate of drug-likeness (QED) is 0.893. The van der Waals surface area contributed by atoms with E-state index in [1.807, 2.05) is 35.4 Å². The Labute approximate surface area is 151 Å². The van der Waals surface area contributed by atoms with Crippen LogP contribution in [0.4, 0.5) is 11.4 Å². The minimum atomic E-state index is -0.0243. The third kappa shape index (κ3) is 3.09. The predicted octanol–water partition coefficient (Wildman–Crippen LogP) is 4.31. The van der Waals surface area contributed by atoms with Gasteiger partial charge in [0.15, 0.2) is 0 Å². The van der Waals surface area contributed by atoms with E-state index in [0.717, 1.165) is 48.3 Å². The molecule has 0 bridgehead atoms. The predicted molar refractivity (Wildman–Crippen MR) is 102 cm³/mol. The van der Waals surface area contributed by atoms with Crippen molar-refractivity contribution in [2.45, 2.75) is 45.4 Å². The van der Waals surface area contributed by atoms with E-state index in [0.29, 0.717) is 6.42 Å². The molecular weight excluding hydrogens is 332 g/mol. The highest BCUT2D eigenvalue weighted by atomic mass is 32.1. The Bertz CT molecular complexity index is 840. The number of aryl methyl sites for hydroxylation is 2. The van der Waals surface area contributed by atoms with Crippen molar-refractivity contribution in [3.63, 3.8) is 0 Å². The van der Waals surface area contributed by atoms with Crippen molar-refractivity contribution in [1.82, 2.24) is 0 Å². The van der Waals surface area contributed by atoms with E-state index in [2.05, 4.69) is 5.32 Å². The van der Waals surface area contributed by atoms with Gasteiger partial charge in [-0.05, 0) is 68.4 Å². The maximum absolute atomic E-state index is 12.7. The van der Waals surface area contributed by atoms with E-state index in [9.17, 15) is 9.59 Å². The fourth-order valence-corrected chi connectivity index (χ4v) is 4.95. The molecule has 4 rings (SSSR count). The molecule has 0 atom stereocenters. The standard InChI is InChI=1S/C20H22N2O2S/c1-13-11-14(8-9-17(13)22-10-4-7-19(22)23)21-20(24)16-12-25-18-6-3-2-5-15(16)18/h8-9,11-12H,2-7,10H2,1H3,(H,21,24). The molecule has 130 valence electrons. The van der Waals surface area contributed by atoms with Crippen molar-refractivity contribution in [3.05, 3.63) is 45.1 Å². The Morgan fingerprint density at radius 2 is 2.00 bits per heavy atom. The van der Waals surface area contributed by atoms with Crippen LogP contribution in [0, 0.1) is 6.92 Å². The average Bonchev–Trinajstić information content (AvgIpc) is 3.21. The van der Waals surface area contributed by atoms with Gasteiger partial charge in [0, 0.05) is 34.6 Å². The Balaban J connectivity index is 1.53. The van der Waals surface area contributed by atoms with E-state index in [1.165, 1.54) is 23.3 Å². The van der Waals surface area contributed by atoms with Crippen LogP contribution in [-0.4, -0.2) is 18.4 Å². The summed E-state index contributed by atoms with van der Waals surface area (Å²) in [5, 5.41) is 5.02.